The topological polar surface area (TPSA) is 57.6 Å². The highest BCUT2D eigenvalue weighted by molar-refractivity contribution is 5.77. The standard InChI is InChI=1S/C11H21NO3/c1-5-12(11(2,3)4)9(13)7-6-8-10(14)15/h5-8H2,1-4H3,(H,14,15). The Labute approximate surface area is 91.3 Å². The molecule has 88 valence electrons. The molecule has 0 atom stereocenters. The lowest BCUT2D eigenvalue weighted by atomic mass is 10.0. The maximum absolute atomic E-state index is 11.7. The zero-order valence-electron chi connectivity index (χ0n) is 10.0. The number of amides is 1. The molecule has 4 heteroatoms. The lowest BCUT2D eigenvalue weighted by Crippen LogP contribution is -2.45. The fraction of sp³-hybridized carbons (Fsp3) is 0.818. The minimum Gasteiger partial charge on any atom is -0.481 e. The summed E-state index contributed by atoms with van der Waals surface area (Å²) in [5, 5.41) is 8.46. The van der Waals surface area contributed by atoms with Gasteiger partial charge in [0.1, 0.15) is 0 Å². The molecule has 4 nitrogen and oxygen atoms in total. The zero-order chi connectivity index (χ0) is 12.1. The van der Waals surface area contributed by atoms with E-state index in [0.717, 1.165) is 0 Å². The zero-order valence-corrected chi connectivity index (χ0v) is 10.0. The van der Waals surface area contributed by atoms with Crippen LogP contribution in [-0.2, 0) is 9.59 Å². The van der Waals surface area contributed by atoms with E-state index in [0.29, 0.717) is 19.4 Å². The van der Waals surface area contributed by atoms with Gasteiger partial charge < -0.3 is 10.0 Å². The van der Waals surface area contributed by atoms with Crippen LogP contribution in [0.3, 0.4) is 0 Å². The van der Waals surface area contributed by atoms with E-state index in [1.165, 1.54) is 0 Å². The van der Waals surface area contributed by atoms with Crippen LogP contribution >= 0.6 is 0 Å². The predicted octanol–water partition coefficient (Wildman–Crippen LogP) is 1.89. The first-order valence-electron chi connectivity index (χ1n) is 5.31. The summed E-state index contributed by atoms with van der Waals surface area (Å²) in [6.07, 6.45) is 0.797. The summed E-state index contributed by atoms with van der Waals surface area (Å²) < 4.78 is 0. The van der Waals surface area contributed by atoms with Gasteiger partial charge in [-0.25, -0.2) is 0 Å². The molecule has 1 N–H and O–H groups in total. The molecule has 0 unspecified atom stereocenters. The van der Waals surface area contributed by atoms with Crippen molar-refractivity contribution < 1.29 is 14.7 Å². The maximum atomic E-state index is 11.7. The van der Waals surface area contributed by atoms with Crippen LogP contribution in [0.15, 0.2) is 0 Å². The van der Waals surface area contributed by atoms with Gasteiger partial charge in [0, 0.05) is 24.9 Å². The molecule has 15 heavy (non-hydrogen) atoms. The molecule has 0 rings (SSSR count). The first-order valence-corrected chi connectivity index (χ1v) is 5.31. The predicted molar refractivity (Wildman–Crippen MR) is 58.6 cm³/mol. The van der Waals surface area contributed by atoms with Crippen molar-refractivity contribution in [1.82, 2.24) is 4.90 Å². The molecule has 0 radical (unpaired) electrons. The van der Waals surface area contributed by atoms with E-state index in [4.69, 9.17) is 5.11 Å². The van der Waals surface area contributed by atoms with Gasteiger partial charge in [0.05, 0.1) is 0 Å². The summed E-state index contributed by atoms with van der Waals surface area (Å²) in [7, 11) is 0. The second-order valence-electron chi connectivity index (χ2n) is 4.56. The molecule has 0 saturated heterocycles. The van der Waals surface area contributed by atoms with Crippen LogP contribution in [0.25, 0.3) is 0 Å². The molecule has 0 aromatic rings. The fourth-order valence-electron chi connectivity index (χ4n) is 1.55. The van der Waals surface area contributed by atoms with Crippen molar-refractivity contribution in [2.24, 2.45) is 0 Å². The lowest BCUT2D eigenvalue weighted by molar-refractivity contribution is -0.138. The number of nitrogens with zero attached hydrogens (tertiary/aromatic N) is 1. The Morgan fingerprint density at radius 2 is 1.73 bits per heavy atom. The van der Waals surface area contributed by atoms with Crippen molar-refractivity contribution >= 4 is 11.9 Å². The molecule has 0 aliphatic carbocycles. The molecular weight excluding hydrogens is 194 g/mol. The number of hydrogen-bond acceptors (Lipinski definition) is 2. The van der Waals surface area contributed by atoms with Gasteiger partial charge in [0.15, 0.2) is 0 Å². The quantitative estimate of drug-likeness (QED) is 0.762. The largest absolute Gasteiger partial charge is 0.481 e. The third kappa shape index (κ3) is 5.40. The van der Waals surface area contributed by atoms with E-state index in [9.17, 15) is 9.59 Å². The van der Waals surface area contributed by atoms with Crippen molar-refractivity contribution in [2.75, 3.05) is 6.54 Å². The molecule has 0 aromatic heterocycles. The average Bonchev–Trinajstić information content (AvgIpc) is 2.01. The number of rotatable bonds is 5. The van der Waals surface area contributed by atoms with Crippen molar-refractivity contribution in [3.05, 3.63) is 0 Å². The highest BCUT2D eigenvalue weighted by Crippen LogP contribution is 2.15. The Bertz CT molecular complexity index is 230. The van der Waals surface area contributed by atoms with Crippen LogP contribution in [0.4, 0.5) is 0 Å². The van der Waals surface area contributed by atoms with Gasteiger partial charge in [-0.1, -0.05) is 0 Å². The summed E-state index contributed by atoms with van der Waals surface area (Å²) in [4.78, 5) is 23.8. The van der Waals surface area contributed by atoms with Crippen molar-refractivity contribution in [3.8, 4) is 0 Å². The molecule has 0 aliphatic rings. The van der Waals surface area contributed by atoms with Crippen molar-refractivity contribution in [1.29, 1.82) is 0 Å². The third-order valence-corrected chi connectivity index (χ3v) is 2.21. The molecule has 0 aromatic carbocycles. The molecule has 0 fully saturated rings. The SMILES string of the molecule is CCN(C(=O)CCCC(=O)O)C(C)(C)C. The van der Waals surface area contributed by atoms with Crippen molar-refractivity contribution in [2.45, 2.75) is 52.5 Å². The van der Waals surface area contributed by atoms with Crippen molar-refractivity contribution in [3.63, 3.8) is 0 Å². The number of hydrogen-bond donors (Lipinski definition) is 1. The van der Waals surface area contributed by atoms with Gasteiger partial charge in [-0.2, -0.15) is 0 Å². The Morgan fingerprint density at radius 1 is 1.20 bits per heavy atom. The number of carbonyl (C=O) groups excluding carboxylic acids is 1. The molecule has 0 heterocycles. The van der Waals surface area contributed by atoms with E-state index in [1.807, 2.05) is 27.7 Å². The molecule has 1 amide bonds. The summed E-state index contributed by atoms with van der Waals surface area (Å²) in [6.45, 7) is 8.53. The van der Waals surface area contributed by atoms with Gasteiger partial charge >= 0.3 is 5.97 Å². The van der Waals surface area contributed by atoms with E-state index >= 15 is 0 Å². The second kappa shape index (κ2) is 5.73. The number of carboxylic acids is 1. The average molecular weight is 215 g/mol. The number of carbonyl (C=O) groups is 2. The Morgan fingerprint density at radius 3 is 2.07 bits per heavy atom. The van der Waals surface area contributed by atoms with Crippen LogP contribution < -0.4 is 0 Å². The molecular formula is C11H21NO3. The van der Waals surface area contributed by atoms with Crippen LogP contribution in [0.5, 0.6) is 0 Å². The molecule has 0 saturated carbocycles. The highest BCUT2D eigenvalue weighted by atomic mass is 16.4. The summed E-state index contributed by atoms with van der Waals surface area (Å²) in [5.74, 6) is -0.812. The second-order valence-corrected chi connectivity index (χ2v) is 4.56. The van der Waals surface area contributed by atoms with E-state index in [1.54, 1.807) is 4.90 Å². The van der Waals surface area contributed by atoms with Gasteiger partial charge in [0.25, 0.3) is 0 Å². The first kappa shape index (κ1) is 13.9. The molecule has 0 bridgehead atoms. The van der Waals surface area contributed by atoms with Crippen LogP contribution in [0.2, 0.25) is 0 Å². The summed E-state index contributed by atoms with van der Waals surface area (Å²) in [6, 6.07) is 0. The number of carboxylic acid groups (broad SMARTS) is 1. The van der Waals surface area contributed by atoms with E-state index < -0.39 is 5.97 Å². The maximum Gasteiger partial charge on any atom is 0.303 e. The van der Waals surface area contributed by atoms with Gasteiger partial charge in [-0.3, -0.25) is 9.59 Å². The minimum absolute atomic E-state index is 0.0336. The third-order valence-electron chi connectivity index (χ3n) is 2.21. The fourth-order valence-corrected chi connectivity index (χ4v) is 1.55. The molecule has 0 spiro atoms. The highest BCUT2D eigenvalue weighted by Gasteiger charge is 2.24. The number of aliphatic carboxylic acids is 1. The van der Waals surface area contributed by atoms with Crippen LogP contribution in [-0.4, -0.2) is 34.0 Å². The lowest BCUT2D eigenvalue weighted by Gasteiger charge is -2.34. The van der Waals surface area contributed by atoms with E-state index in [-0.39, 0.29) is 17.9 Å². The minimum atomic E-state index is -0.846. The van der Waals surface area contributed by atoms with Crippen LogP contribution in [0, 0.1) is 0 Å². The summed E-state index contributed by atoms with van der Waals surface area (Å²) in [5.41, 5.74) is -0.185. The smallest absolute Gasteiger partial charge is 0.303 e. The Kier molecular flexibility index (Phi) is 5.33. The Balaban J connectivity index is 4.12. The van der Waals surface area contributed by atoms with Gasteiger partial charge in [-0.05, 0) is 34.1 Å². The van der Waals surface area contributed by atoms with Gasteiger partial charge in [0.2, 0.25) is 5.91 Å². The normalized spacial score (nSPS) is 11.2. The van der Waals surface area contributed by atoms with Gasteiger partial charge in [-0.15, -0.1) is 0 Å². The molecule has 0 aliphatic heterocycles. The Hall–Kier alpha value is -1.06. The van der Waals surface area contributed by atoms with E-state index in [2.05, 4.69) is 0 Å². The monoisotopic (exact) mass is 215 g/mol. The first-order chi connectivity index (χ1) is 6.79. The summed E-state index contributed by atoms with van der Waals surface area (Å²) >= 11 is 0. The van der Waals surface area contributed by atoms with Crippen LogP contribution in [0.1, 0.15) is 47.0 Å².